The maximum atomic E-state index is 5.82. The molecule has 0 amide bonds. The Hall–Kier alpha value is -1.68. The molecule has 0 aliphatic heterocycles. The van der Waals surface area contributed by atoms with E-state index in [4.69, 9.17) is 18.9 Å². The van der Waals surface area contributed by atoms with Crippen molar-refractivity contribution < 1.29 is 18.9 Å². The van der Waals surface area contributed by atoms with Crippen molar-refractivity contribution in [2.45, 2.75) is 0 Å². The smallest absolute Gasteiger partial charge is 0.173 e. The highest BCUT2D eigenvalue weighted by atomic mass is 127. The van der Waals surface area contributed by atoms with Crippen LogP contribution in [0, 0.1) is 7.14 Å². The van der Waals surface area contributed by atoms with Gasteiger partial charge in [0.05, 0.1) is 39.6 Å². The van der Waals surface area contributed by atoms with Gasteiger partial charge >= 0.3 is 0 Å². The van der Waals surface area contributed by atoms with E-state index in [1.165, 1.54) is 0 Å². The van der Waals surface area contributed by atoms with Gasteiger partial charge in [0.25, 0.3) is 0 Å². The zero-order valence-electron chi connectivity index (χ0n) is 16.0. The van der Waals surface area contributed by atoms with Crippen LogP contribution in [0.1, 0.15) is 0 Å². The minimum atomic E-state index is 0.606. The summed E-state index contributed by atoms with van der Waals surface area (Å²) in [5.74, 6) is 2.43. The third-order valence-corrected chi connectivity index (χ3v) is 5.84. The van der Waals surface area contributed by atoms with E-state index in [9.17, 15) is 0 Å². The van der Waals surface area contributed by atoms with Crippen molar-refractivity contribution in [3.8, 4) is 45.3 Å². The molecule has 0 fully saturated rings. The summed E-state index contributed by atoms with van der Waals surface area (Å²) < 4.78 is 25.6. The number of benzene rings is 3. The zero-order valence-corrected chi connectivity index (χ0v) is 20.3. The first-order chi connectivity index (χ1) is 13.5. The maximum Gasteiger partial charge on any atom is 0.173 e. The molecule has 0 unspecified atom stereocenters. The summed E-state index contributed by atoms with van der Waals surface area (Å²) in [4.78, 5) is 0. The van der Waals surface area contributed by atoms with Crippen LogP contribution in [0.5, 0.6) is 23.0 Å². The second-order valence-corrected chi connectivity index (χ2v) is 8.39. The normalized spacial score (nSPS) is 10.5. The molecule has 3 rings (SSSR count). The highest BCUT2D eigenvalue weighted by Gasteiger charge is 2.29. The predicted molar refractivity (Wildman–Crippen MR) is 129 cm³/mol. The van der Waals surface area contributed by atoms with Crippen LogP contribution < -0.4 is 18.9 Å². The van der Waals surface area contributed by atoms with Crippen LogP contribution in [0.25, 0.3) is 22.3 Å². The number of halogens is 2. The molecule has 0 bridgehead atoms. The summed E-state index contributed by atoms with van der Waals surface area (Å²) in [6.07, 6.45) is 0. The van der Waals surface area contributed by atoms with Crippen molar-refractivity contribution in [1.29, 1.82) is 0 Å². The first-order valence-electron chi connectivity index (χ1n) is 8.47. The summed E-state index contributed by atoms with van der Waals surface area (Å²) >= 11 is 4.57. The Kier molecular flexibility index (Phi) is 6.92. The Labute approximate surface area is 192 Å². The summed E-state index contributed by atoms with van der Waals surface area (Å²) in [6, 6.07) is 16.3. The van der Waals surface area contributed by atoms with Crippen LogP contribution in [-0.2, 0) is 0 Å². The minimum absolute atomic E-state index is 0.606. The van der Waals surface area contributed by atoms with Gasteiger partial charge in [-0.15, -0.1) is 0 Å². The van der Waals surface area contributed by atoms with Gasteiger partial charge in [0.1, 0.15) is 0 Å². The second kappa shape index (κ2) is 9.21. The lowest BCUT2D eigenvalue weighted by atomic mass is 9.95. The molecule has 0 aliphatic carbocycles. The molecule has 0 aromatic heterocycles. The highest BCUT2D eigenvalue weighted by Crippen LogP contribution is 2.56. The summed E-state index contributed by atoms with van der Waals surface area (Å²) in [7, 11) is 6.55. The summed E-state index contributed by atoms with van der Waals surface area (Å²) in [5, 5.41) is 0. The van der Waals surface area contributed by atoms with Crippen molar-refractivity contribution in [3.05, 3.63) is 55.7 Å². The van der Waals surface area contributed by atoms with E-state index >= 15 is 0 Å². The molecule has 0 spiro atoms. The third kappa shape index (κ3) is 3.89. The molecule has 146 valence electrons. The molecular weight excluding hydrogens is 582 g/mol. The molecular formula is C22H20I2O4. The predicted octanol–water partition coefficient (Wildman–Crippen LogP) is 6.26. The lowest BCUT2D eigenvalue weighted by Crippen LogP contribution is -2.03. The molecule has 0 N–H and O–H groups in total. The number of rotatable bonds is 6. The van der Waals surface area contributed by atoms with E-state index in [1.54, 1.807) is 28.4 Å². The fourth-order valence-electron chi connectivity index (χ4n) is 3.20. The van der Waals surface area contributed by atoms with E-state index < -0.39 is 0 Å². The first kappa shape index (κ1) is 21.0. The first-order valence-corrected chi connectivity index (χ1v) is 10.6. The van der Waals surface area contributed by atoms with Crippen LogP contribution in [0.4, 0.5) is 0 Å². The number of hydrogen-bond acceptors (Lipinski definition) is 4. The maximum absolute atomic E-state index is 5.82. The van der Waals surface area contributed by atoms with Crippen molar-refractivity contribution in [3.63, 3.8) is 0 Å². The average molecular weight is 602 g/mol. The van der Waals surface area contributed by atoms with Gasteiger partial charge in [-0.1, -0.05) is 24.3 Å². The Bertz CT molecular complexity index is 854. The van der Waals surface area contributed by atoms with E-state index in [0.29, 0.717) is 23.0 Å². The average Bonchev–Trinajstić information content (AvgIpc) is 2.72. The van der Waals surface area contributed by atoms with Gasteiger partial charge < -0.3 is 18.9 Å². The summed E-state index contributed by atoms with van der Waals surface area (Å²) in [5.41, 5.74) is 3.51. The Balaban J connectivity index is 2.42. The van der Waals surface area contributed by atoms with E-state index in [2.05, 4.69) is 45.2 Å². The standard InChI is InChI=1S/C22H20I2O4/c1-25-19-17(13-5-9-15(23)10-6-13)21(27-3)22(28-4)18(20(19)26-2)14-7-11-16(24)12-8-14/h5-12H,1-4H3. The number of hydrogen-bond donors (Lipinski definition) is 0. The van der Waals surface area contributed by atoms with Gasteiger partial charge in [-0.3, -0.25) is 0 Å². The Morgan fingerprint density at radius 2 is 0.714 bits per heavy atom. The van der Waals surface area contributed by atoms with Gasteiger partial charge in [0, 0.05) is 7.14 Å². The van der Waals surface area contributed by atoms with Gasteiger partial charge in [0.2, 0.25) is 0 Å². The SMILES string of the molecule is COc1c(OC)c(-c2ccc(I)cc2)c(OC)c(OC)c1-c1ccc(I)cc1. The van der Waals surface area contributed by atoms with Crippen molar-refractivity contribution in [2.75, 3.05) is 28.4 Å². The molecule has 28 heavy (non-hydrogen) atoms. The zero-order chi connectivity index (χ0) is 20.3. The van der Waals surface area contributed by atoms with Crippen molar-refractivity contribution in [1.82, 2.24) is 0 Å². The Morgan fingerprint density at radius 1 is 0.464 bits per heavy atom. The van der Waals surface area contributed by atoms with E-state index in [1.807, 2.05) is 48.5 Å². The van der Waals surface area contributed by atoms with E-state index in [-0.39, 0.29) is 0 Å². The van der Waals surface area contributed by atoms with Gasteiger partial charge in [0.15, 0.2) is 23.0 Å². The molecule has 0 radical (unpaired) electrons. The molecule has 0 atom stereocenters. The van der Waals surface area contributed by atoms with Gasteiger partial charge in [-0.25, -0.2) is 0 Å². The molecule has 4 nitrogen and oxygen atoms in total. The van der Waals surface area contributed by atoms with Gasteiger partial charge in [-0.05, 0) is 80.6 Å². The fraction of sp³-hybridized carbons (Fsp3) is 0.182. The van der Waals surface area contributed by atoms with Crippen LogP contribution in [0.2, 0.25) is 0 Å². The van der Waals surface area contributed by atoms with Crippen molar-refractivity contribution in [2.24, 2.45) is 0 Å². The van der Waals surface area contributed by atoms with Crippen LogP contribution in [-0.4, -0.2) is 28.4 Å². The van der Waals surface area contributed by atoms with Gasteiger partial charge in [-0.2, -0.15) is 0 Å². The molecule has 3 aromatic rings. The largest absolute Gasteiger partial charge is 0.492 e. The molecule has 0 heterocycles. The quantitative estimate of drug-likeness (QED) is 0.312. The summed E-state index contributed by atoms with van der Waals surface area (Å²) in [6.45, 7) is 0. The topological polar surface area (TPSA) is 36.9 Å². The number of methoxy groups -OCH3 is 4. The van der Waals surface area contributed by atoms with Crippen molar-refractivity contribution >= 4 is 45.2 Å². The number of ether oxygens (including phenoxy) is 4. The highest BCUT2D eigenvalue weighted by molar-refractivity contribution is 14.1. The van der Waals surface area contributed by atoms with Crippen LogP contribution in [0.15, 0.2) is 48.5 Å². The second-order valence-electron chi connectivity index (χ2n) is 5.90. The molecule has 0 aliphatic rings. The fourth-order valence-corrected chi connectivity index (χ4v) is 3.92. The third-order valence-electron chi connectivity index (χ3n) is 4.40. The monoisotopic (exact) mass is 602 g/mol. The van der Waals surface area contributed by atoms with Crippen LogP contribution in [0.3, 0.4) is 0 Å². The molecule has 0 saturated carbocycles. The van der Waals surface area contributed by atoms with E-state index in [0.717, 1.165) is 29.4 Å². The molecule has 0 saturated heterocycles. The Morgan fingerprint density at radius 3 is 0.929 bits per heavy atom. The minimum Gasteiger partial charge on any atom is -0.492 e. The lowest BCUT2D eigenvalue weighted by molar-refractivity contribution is 0.333. The lowest BCUT2D eigenvalue weighted by Gasteiger charge is -2.23. The molecule has 3 aromatic carbocycles. The van der Waals surface area contributed by atoms with Crippen LogP contribution >= 0.6 is 45.2 Å². The molecule has 6 heteroatoms.